The summed E-state index contributed by atoms with van der Waals surface area (Å²) in [6, 6.07) is 1.56. The van der Waals surface area contributed by atoms with Gasteiger partial charge in [0.05, 0.1) is 24.8 Å². The third kappa shape index (κ3) is 2.58. The van der Waals surface area contributed by atoms with Crippen molar-refractivity contribution in [2.45, 2.75) is 37.8 Å². The van der Waals surface area contributed by atoms with Crippen molar-refractivity contribution in [3.05, 3.63) is 24.0 Å². The Bertz CT molecular complexity index is 653. The highest BCUT2D eigenvalue weighted by Crippen LogP contribution is 2.25. The number of carbonyl (C=O) groups is 1. The fraction of sp³-hybridized carbons (Fsp3) is 0.467. The summed E-state index contributed by atoms with van der Waals surface area (Å²) in [5.41, 5.74) is 1.76. The number of ether oxygens (including phenoxy) is 1. The monoisotopic (exact) mass is 289 g/mol. The first kappa shape index (κ1) is 13.9. The maximum atomic E-state index is 12.4. The van der Waals surface area contributed by atoms with E-state index in [1.165, 1.54) is 0 Å². The summed E-state index contributed by atoms with van der Waals surface area (Å²) >= 11 is 0. The highest BCUT2D eigenvalue weighted by molar-refractivity contribution is 6.06. The van der Waals surface area contributed by atoms with Crippen molar-refractivity contribution in [2.24, 2.45) is 0 Å². The summed E-state index contributed by atoms with van der Waals surface area (Å²) in [6.07, 6.45) is 6.37. The van der Waals surface area contributed by atoms with Crippen molar-refractivity contribution in [2.75, 3.05) is 7.11 Å². The first-order valence-electron chi connectivity index (χ1n) is 7.19. The van der Waals surface area contributed by atoms with E-state index in [1.54, 1.807) is 25.6 Å². The molecule has 6 nitrogen and oxygen atoms in total. The Morgan fingerprint density at radius 1 is 1.48 bits per heavy atom. The molecule has 21 heavy (non-hydrogen) atoms. The molecule has 0 aromatic carbocycles. The third-order valence-electron chi connectivity index (χ3n) is 4.04. The number of aromatic amines is 1. The Morgan fingerprint density at radius 2 is 2.29 bits per heavy atom. The van der Waals surface area contributed by atoms with Crippen LogP contribution in [0.4, 0.5) is 0 Å². The van der Waals surface area contributed by atoms with Crippen LogP contribution in [-0.2, 0) is 0 Å². The lowest BCUT2D eigenvalue weighted by Crippen LogP contribution is -2.45. The van der Waals surface area contributed by atoms with E-state index in [-0.39, 0.29) is 11.9 Å². The topological polar surface area (TPSA) is 87.2 Å². The van der Waals surface area contributed by atoms with Crippen LogP contribution in [0.5, 0.6) is 5.75 Å². The number of nitrogens with zero attached hydrogens (tertiary/aromatic N) is 1. The summed E-state index contributed by atoms with van der Waals surface area (Å²) < 4.78 is 5.24. The van der Waals surface area contributed by atoms with Gasteiger partial charge in [-0.15, -0.1) is 0 Å². The molecule has 0 bridgehead atoms. The molecule has 0 radical (unpaired) electrons. The Balaban J connectivity index is 1.85. The zero-order valence-corrected chi connectivity index (χ0v) is 11.9. The summed E-state index contributed by atoms with van der Waals surface area (Å²) in [6.45, 7) is 0. The molecule has 2 unspecified atom stereocenters. The van der Waals surface area contributed by atoms with E-state index < -0.39 is 6.10 Å². The van der Waals surface area contributed by atoms with Gasteiger partial charge in [-0.1, -0.05) is 12.8 Å². The van der Waals surface area contributed by atoms with E-state index in [0.717, 1.165) is 25.7 Å². The molecule has 1 fully saturated rings. The second-order valence-corrected chi connectivity index (χ2v) is 5.37. The minimum Gasteiger partial charge on any atom is -0.494 e. The average Bonchev–Trinajstić information content (AvgIpc) is 2.93. The zero-order chi connectivity index (χ0) is 14.8. The van der Waals surface area contributed by atoms with Gasteiger partial charge in [0.15, 0.2) is 0 Å². The van der Waals surface area contributed by atoms with Crippen LogP contribution in [0.3, 0.4) is 0 Å². The third-order valence-corrected chi connectivity index (χ3v) is 4.04. The molecule has 1 aliphatic rings. The standard InChI is InChI=1S/C15H19N3O3/c1-21-12-6-7-16-13-9(8-17-14(12)13)15(20)18-10-4-2-3-5-11(10)19/h6-8,10-11,17,19H,2-5H2,1H3,(H,18,20). The van der Waals surface area contributed by atoms with Crippen molar-refractivity contribution < 1.29 is 14.6 Å². The predicted octanol–water partition coefficient (Wildman–Crippen LogP) is 1.60. The second-order valence-electron chi connectivity index (χ2n) is 5.37. The Hall–Kier alpha value is -2.08. The summed E-state index contributed by atoms with van der Waals surface area (Å²) in [5, 5.41) is 12.9. The molecule has 2 atom stereocenters. The molecule has 0 aliphatic heterocycles. The Kier molecular flexibility index (Phi) is 3.79. The highest BCUT2D eigenvalue weighted by Gasteiger charge is 2.26. The molecule has 0 saturated heterocycles. The largest absolute Gasteiger partial charge is 0.494 e. The van der Waals surface area contributed by atoms with Gasteiger partial charge >= 0.3 is 0 Å². The van der Waals surface area contributed by atoms with Gasteiger partial charge in [0, 0.05) is 18.5 Å². The summed E-state index contributed by atoms with van der Waals surface area (Å²) in [5.74, 6) is 0.435. The number of rotatable bonds is 3. The maximum absolute atomic E-state index is 12.4. The molecule has 2 aromatic heterocycles. The molecule has 3 rings (SSSR count). The van der Waals surface area contributed by atoms with E-state index in [9.17, 15) is 9.90 Å². The Labute approximate surface area is 122 Å². The van der Waals surface area contributed by atoms with Crippen LogP contribution in [0.25, 0.3) is 11.0 Å². The second kappa shape index (κ2) is 5.73. The minimum atomic E-state index is -0.463. The van der Waals surface area contributed by atoms with Crippen molar-refractivity contribution in [1.29, 1.82) is 0 Å². The average molecular weight is 289 g/mol. The van der Waals surface area contributed by atoms with Crippen LogP contribution in [-0.4, -0.2) is 40.2 Å². The van der Waals surface area contributed by atoms with Gasteiger partial charge in [-0.25, -0.2) is 0 Å². The molecule has 1 saturated carbocycles. The molecule has 2 aromatic rings. The molecule has 0 spiro atoms. The number of hydrogen-bond donors (Lipinski definition) is 3. The lowest BCUT2D eigenvalue weighted by molar-refractivity contribution is 0.0718. The molecular weight excluding hydrogens is 270 g/mol. The van der Waals surface area contributed by atoms with Gasteiger partial charge in [-0.2, -0.15) is 0 Å². The SMILES string of the molecule is COc1ccnc2c(C(=O)NC3CCCCC3O)c[nH]c12. The van der Waals surface area contributed by atoms with Crippen molar-refractivity contribution in [3.63, 3.8) is 0 Å². The van der Waals surface area contributed by atoms with Crippen LogP contribution in [0, 0.1) is 0 Å². The number of aliphatic hydroxyl groups excluding tert-OH is 1. The number of pyridine rings is 1. The summed E-state index contributed by atoms with van der Waals surface area (Å²) in [4.78, 5) is 19.7. The van der Waals surface area contributed by atoms with Crippen LogP contribution >= 0.6 is 0 Å². The molecule has 3 N–H and O–H groups in total. The number of amides is 1. The van der Waals surface area contributed by atoms with Crippen LogP contribution < -0.4 is 10.1 Å². The fourth-order valence-corrected chi connectivity index (χ4v) is 2.87. The van der Waals surface area contributed by atoms with Crippen molar-refractivity contribution in [3.8, 4) is 5.75 Å². The van der Waals surface area contributed by atoms with E-state index >= 15 is 0 Å². The lowest BCUT2D eigenvalue weighted by Gasteiger charge is -2.28. The summed E-state index contributed by atoms with van der Waals surface area (Å²) in [7, 11) is 1.58. The first-order chi connectivity index (χ1) is 10.2. The number of hydrogen-bond acceptors (Lipinski definition) is 4. The minimum absolute atomic E-state index is 0.179. The van der Waals surface area contributed by atoms with Gasteiger partial charge < -0.3 is 20.1 Å². The van der Waals surface area contributed by atoms with Gasteiger partial charge in [-0.05, 0) is 12.8 Å². The van der Waals surface area contributed by atoms with Gasteiger partial charge in [0.1, 0.15) is 16.8 Å². The molecular formula is C15H19N3O3. The van der Waals surface area contributed by atoms with E-state index in [2.05, 4.69) is 15.3 Å². The van der Waals surface area contributed by atoms with Crippen LogP contribution in [0.2, 0.25) is 0 Å². The molecule has 1 amide bonds. The molecule has 2 heterocycles. The lowest BCUT2D eigenvalue weighted by atomic mass is 9.92. The van der Waals surface area contributed by atoms with Crippen molar-refractivity contribution in [1.82, 2.24) is 15.3 Å². The number of aromatic nitrogens is 2. The molecule has 112 valence electrons. The van der Waals surface area contributed by atoms with Crippen molar-refractivity contribution >= 4 is 16.9 Å². The Morgan fingerprint density at radius 3 is 3.05 bits per heavy atom. The smallest absolute Gasteiger partial charge is 0.255 e. The van der Waals surface area contributed by atoms with Gasteiger partial charge in [0.2, 0.25) is 0 Å². The number of aliphatic hydroxyl groups is 1. The number of H-pyrrole nitrogens is 1. The highest BCUT2D eigenvalue weighted by atomic mass is 16.5. The van der Waals surface area contributed by atoms with Crippen LogP contribution in [0.15, 0.2) is 18.5 Å². The van der Waals surface area contributed by atoms with Crippen LogP contribution in [0.1, 0.15) is 36.0 Å². The first-order valence-corrected chi connectivity index (χ1v) is 7.19. The van der Waals surface area contributed by atoms with E-state index in [4.69, 9.17) is 4.74 Å². The number of carbonyl (C=O) groups excluding carboxylic acids is 1. The fourth-order valence-electron chi connectivity index (χ4n) is 2.87. The van der Waals surface area contributed by atoms with Gasteiger partial charge in [0.25, 0.3) is 5.91 Å². The van der Waals surface area contributed by atoms with Gasteiger partial charge in [-0.3, -0.25) is 9.78 Å². The zero-order valence-electron chi connectivity index (χ0n) is 11.9. The number of methoxy groups -OCH3 is 1. The number of nitrogens with one attached hydrogen (secondary N) is 2. The quantitative estimate of drug-likeness (QED) is 0.801. The normalized spacial score (nSPS) is 22.2. The van der Waals surface area contributed by atoms with E-state index in [0.29, 0.717) is 22.3 Å². The molecule has 1 aliphatic carbocycles. The van der Waals surface area contributed by atoms with E-state index in [1.807, 2.05) is 0 Å². The predicted molar refractivity (Wildman–Crippen MR) is 78.4 cm³/mol. The number of fused-ring (bicyclic) bond motifs is 1. The molecule has 6 heteroatoms. The maximum Gasteiger partial charge on any atom is 0.255 e.